The maximum atomic E-state index is 10.6. The summed E-state index contributed by atoms with van der Waals surface area (Å²) in [6.45, 7) is 8.15. The first kappa shape index (κ1) is 11.4. The number of primary amides is 1. The molecule has 3 N–H and O–H groups in total. The second-order valence-electron chi connectivity index (χ2n) is 3.25. The molecule has 0 aliphatic heterocycles. The number of amides is 1. The summed E-state index contributed by atoms with van der Waals surface area (Å²) in [6, 6.07) is 0. The van der Waals surface area contributed by atoms with Gasteiger partial charge in [0.05, 0.1) is 6.54 Å². The molecule has 4 nitrogen and oxygen atoms in total. The van der Waals surface area contributed by atoms with Gasteiger partial charge in [-0.1, -0.05) is 20.8 Å². The van der Waals surface area contributed by atoms with E-state index in [1.165, 1.54) is 0 Å². The predicted molar refractivity (Wildman–Crippen MR) is 49.3 cm³/mol. The minimum absolute atomic E-state index is 0.284. The average Bonchev–Trinajstić information content (AvgIpc) is 1.84. The third-order valence-corrected chi connectivity index (χ3v) is 1.31. The molecular weight excluding hydrogens is 154 g/mol. The fourth-order valence-electron chi connectivity index (χ4n) is 1.04. The van der Waals surface area contributed by atoms with E-state index in [9.17, 15) is 4.79 Å². The zero-order chi connectivity index (χ0) is 9.56. The summed E-state index contributed by atoms with van der Waals surface area (Å²) in [5.74, 6) is 0.236. The Labute approximate surface area is 74.1 Å². The zero-order valence-electron chi connectivity index (χ0n) is 8.13. The molecule has 0 aliphatic carbocycles. The van der Waals surface area contributed by atoms with Crippen LogP contribution in [-0.2, 0) is 4.79 Å². The van der Waals surface area contributed by atoms with Crippen LogP contribution in [0.2, 0.25) is 0 Å². The highest BCUT2D eigenvalue weighted by atomic mass is 16.1. The first-order valence-corrected chi connectivity index (χ1v) is 4.33. The van der Waals surface area contributed by atoms with Crippen LogP contribution in [0.15, 0.2) is 0 Å². The topological polar surface area (TPSA) is 58.4 Å². The molecule has 0 heterocycles. The summed E-state index contributed by atoms with van der Waals surface area (Å²) in [6.07, 6.45) is 0. The minimum atomic E-state index is -0.295. The van der Waals surface area contributed by atoms with E-state index < -0.39 is 0 Å². The largest absolute Gasteiger partial charge is 0.369 e. The monoisotopic (exact) mass is 173 g/mol. The molecule has 12 heavy (non-hydrogen) atoms. The van der Waals surface area contributed by atoms with Crippen molar-refractivity contribution in [2.24, 2.45) is 11.7 Å². The van der Waals surface area contributed by atoms with Crippen molar-refractivity contribution in [1.29, 1.82) is 0 Å². The molecule has 0 bridgehead atoms. The SMILES string of the molecule is CCNN(CC(N)=O)CC(C)C. The molecule has 0 aromatic rings. The van der Waals surface area contributed by atoms with E-state index in [2.05, 4.69) is 19.3 Å². The van der Waals surface area contributed by atoms with Gasteiger partial charge in [-0.05, 0) is 5.92 Å². The molecule has 0 unspecified atom stereocenters. The van der Waals surface area contributed by atoms with Crippen LogP contribution >= 0.6 is 0 Å². The zero-order valence-corrected chi connectivity index (χ0v) is 8.13. The van der Waals surface area contributed by atoms with Crippen LogP contribution < -0.4 is 11.2 Å². The lowest BCUT2D eigenvalue weighted by Crippen LogP contribution is -2.45. The number of rotatable bonds is 6. The van der Waals surface area contributed by atoms with Gasteiger partial charge < -0.3 is 5.73 Å². The Hall–Kier alpha value is -0.610. The van der Waals surface area contributed by atoms with Crippen molar-refractivity contribution in [2.45, 2.75) is 20.8 Å². The Kier molecular flexibility index (Phi) is 5.66. The maximum Gasteiger partial charge on any atom is 0.233 e. The first-order valence-electron chi connectivity index (χ1n) is 4.33. The molecule has 0 aromatic heterocycles. The van der Waals surface area contributed by atoms with Crippen LogP contribution in [0.5, 0.6) is 0 Å². The van der Waals surface area contributed by atoms with E-state index in [-0.39, 0.29) is 12.5 Å². The predicted octanol–water partition coefficient (Wildman–Crippen LogP) is -0.0458. The summed E-state index contributed by atoms with van der Waals surface area (Å²) in [5, 5.41) is 1.85. The highest BCUT2D eigenvalue weighted by Gasteiger charge is 2.07. The normalized spacial score (nSPS) is 11.1. The van der Waals surface area contributed by atoms with E-state index in [1.807, 2.05) is 11.9 Å². The highest BCUT2D eigenvalue weighted by Crippen LogP contribution is 1.94. The molecule has 0 saturated carbocycles. The third kappa shape index (κ3) is 6.12. The number of hydrogen-bond donors (Lipinski definition) is 2. The van der Waals surface area contributed by atoms with E-state index in [4.69, 9.17) is 5.73 Å². The molecule has 4 heteroatoms. The third-order valence-electron chi connectivity index (χ3n) is 1.31. The van der Waals surface area contributed by atoms with Crippen molar-refractivity contribution in [2.75, 3.05) is 19.6 Å². The van der Waals surface area contributed by atoms with Crippen molar-refractivity contribution < 1.29 is 4.79 Å². The standard InChI is InChI=1S/C8H19N3O/c1-4-10-11(5-7(2)3)6-8(9)12/h7,10H,4-6H2,1-3H3,(H2,9,12). The molecule has 0 rings (SSSR count). The van der Waals surface area contributed by atoms with Gasteiger partial charge in [-0.3, -0.25) is 10.2 Å². The van der Waals surface area contributed by atoms with Gasteiger partial charge in [-0.2, -0.15) is 0 Å². The quantitative estimate of drug-likeness (QED) is 0.554. The van der Waals surface area contributed by atoms with E-state index in [1.54, 1.807) is 0 Å². The second-order valence-corrected chi connectivity index (χ2v) is 3.25. The van der Waals surface area contributed by atoms with Crippen LogP contribution in [0.3, 0.4) is 0 Å². The molecule has 0 fully saturated rings. The van der Waals surface area contributed by atoms with Crippen LogP contribution in [-0.4, -0.2) is 30.6 Å². The van der Waals surface area contributed by atoms with Crippen molar-refractivity contribution in [3.8, 4) is 0 Å². The number of nitrogens with zero attached hydrogens (tertiary/aromatic N) is 1. The van der Waals surface area contributed by atoms with Gasteiger partial charge in [-0.25, -0.2) is 5.01 Å². The minimum Gasteiger partial charge on any atom is -0.369 e. The summed E-state index contributed by atoms with van der Waals surface area (Å²) >= 11 is 0. The number of hydrazine groups is 1. The Morgan fingerprint density at radius 3 is 2.50 bits per heavy atom. The Bertz CT molecular complexity index is 136. The number of hydrogen-bond acceptors (Lipinski definition) is 3. The number of carbonyl (C=O) groups excluding carboxylic acids is 1. The summed E-state index contributed by atoms with van der Waals surface area (Å²) in [5.41, 5.74) is 8.16. The van der Waals surface area contributed by atoms with Crippen LogP contribution in [0.4, 0.5) is 0 Å². The molecule has 0 radical (unpaired) electrons. The van der Waals surface area contributed by atoms with Crippen LogP contribution in [0, 0.1) is 5.92 Å². The fraction of sp³-hybridized carbons (Fsp3) is 0.875. The van der Waals surface area contributed by atoms with E-state index in [0.717, 1.165) is 13.1 Å². The van der Waals surface area contributed by atoms with Gasteiger partial charge in [0.1, 0.15) is 0 Å². The lowest BCUT2D eigenvalue weighted by atomic mass is 10.2. The van der Waals surface area contributed by atoms with Gasteiger partial charge in [0.15, 0.2) is 0 Å². The van der Waals surface area contributed by atoms with E-state index in [0.29, 0.717) is 5.92 Å². The fourth-order valence-corrected chi connectivity index (χ4v) is 1.04. The highest BCUT2D eigenvalue weighted by molar-refractivity contribution is 5.75. The summed E-state index contributed by atoms with van der Waals surface area (Å²) in [7, 11) is 0. The van der Waals surface area contributed by atoms with Gasteiger partial charge in [-0.15, -0.1) is 0 Å². The first-order chi connectivity index (χ1) is 5.56. The number of carbonyl (C=O) groups is 1. The smallest absolute Gasteiger partial charge is 0.233 e. The maximum absolute atomic E-state index is 10.6. The van der Waals surface area contributed by atoms with E-state index >= 15 is 0 Å². The Morgan fingerprint density at radius 2 is 2.17 bits per heavy atom. The van der Waals surface area contributed by atoms with Gasteiger partial charge >= 0.3 is 0 Å². The summed E-state index contributed by atoms with van der Waals surface area (Å²) < 4.78 is 0. The molecule has 72 valence electrons. The van der Waals surface area contributed by atoms with Crippen molar-refractivity contribution in [3.05, 3.63) is 0 Å². The van der Waals surface area contributed by atoms with Crippen LogP contribution in [0.25, 0.3) is 0 Å². The lowest BCUT2D eigenvalue weighted by Gasteiger charge is -2.22. The molecule has 0 saturated heterocycles. The van der Waals surface area contributed by atoms with Gasteiger partial charge in [0, 0.05) is 13.1 Å². The second kappa shape index (κ2) is 5.97. The average molecular weight is 173 g/mol. The van der Waals surface area contributed by atoms with Gasteiger partial charge in [0.25, 0.3) is 0 Å². The number of nitrogens with two attached hydrogens (primary N) is 1. The molecule has 0 atom stereocenters. The Balaban J connectivity index is 3.77. The molecular formula is C8H19N3O. The molecule has 0 aromatic carbocycles. The van der Waals surface area contributed by atoms with Crippen molar-refractivity contribution in [1.82, 2.24) is 10.4 Å². The van der Waals surface area contributed by atoms with Crippen LogP contribution in [0.1, 0.15) is 20.8 Å². The number of nitrogens with one attached hydrogen (secondary N) is 1. The molecule has 1 amide bonds. The Morgan fingerprint density at radius 1 is 1.58 bits per heavy atom. The summed E-state index contributed by atoms with van der Waals surface area (Å²) in [4.78, 5) is 10.6. The lowest BCUT2D eigenvalue weighted by molar-refractivity contribution is -0.120. The van der Waals surface area contributed by atoms with Gasteiger partial charge in [0.2, 0.25) is 5.91 Å². The molecule has 0 aliphatic rings. The van der Waals surface area contributed by atoms with Crippen molar-refractivity contribution in [3.63, 3.8) is 0 Å². The molecule has 0 spiro atoms. The van der Waals surface area contributed by atoms with Crippen molar-refractivity contribution >= 4 is 5.91 Å².